The third-order valence-electron chi connectivity index (χ3n) is 2.90. The lowest BCUT2D eigenvalue weighted by Crippen LogP contribution is -2.16. The van der Waals surface area contributed by atoms with Gasteiger partial charge in [0.05, 0.1) is 20.3 Å². The van der Waals surface area contributed by atoms with Crippen molar-refractivity contribution in [1.82, 2.24) is 0 Å². The first-order chi connectivity index (χ1) is 9.13. The fourth-order valence-corrected chi connectivity index (χ4v) is 1.84. The Morgan fingerprint density at radius 3 is 2.26 bits per heavy atom. The number of carbonyl (C=O) groups excluding carboxylic acids is 1. The molecular weight excluding hydrogens is 244 g/mol. The van der Waals surface area contributed by atoms with Crippen molar-refractivity contribution in [2.24, 2.45) is 0 Å². The van der Waals surface area contributed by atoms with Crippen molar-refractivity contribution in [2.45, 2.75) is 39.2 Å². The van der Waals surface area contributed by atoms with Crippen molar-refractivity contribution in [2.75, 3.05) is 14.2 Å². The van der Waals surface area contributed by atoms with Crippen molar-refractivity contribution in [3.63, 3.8) is 0 Å². The van der Waals surface area contributed by atoms with E-state index in [1.54, 1.807) is 18.2 Å². The van der Waals surface area contributed by atoms with Gasteiger partial charge in [0.2, 0.25) is 0 Å². The zero-order chi connectivity index (χ0) is 14.3. The molecule has 0 aromatic heterocycles. The second-order valence-electron chi connectivity index (χ2n) is 4.40. The van der Waals surface area contributed by atoms with Gasteiger partial charge in [0, 0.05) is 0 Å². The van der Waals surface area contributed by atoms with E-state index in [4.69, 9.17) is 14.2 Å². The van der Waals surface area contributed by atoms with E-state index in [1.165, 1.54) is 14.2 Å². The molecule has 106 valence electrons. The fourth-order valence-electron chi connectivity index (χ4n) is 1.84. The van der Waals surface area contributed by atoms with E-state index in [-0.39, 0.29) is 6.10 Å². The molecule has 0 radical (unpaired) electrons. The Balaban J connectivity index is 2.86. The molecule has 4 heteroatoms. The van der Waals surface area contributed by atoms with Gasteiger partial charge in [-0.2, -0.15) is 0 Å². The molecule has 1 aromatic carbocycles. The van der Waals surface area contributed by atoms with Gasteiger partial charge in [-0.05, 0) is 25.5 Å². The number of methoxy groups -OCH3 is 2. The summed E-state index contributed by atoms with van der Waals surface area (Å²) >= 11 is 0. The summed E-state index contributed by atoms with van der Waals surface area (Å²) in [6, 6.07) is 5.21. The largest absolute Gasteiger partial charge is 0.496 e. The number of hydrogen-bond donors (Lipinski definition) is 0. The lowest BCUT2D eigenvalue weighted by Gasteiger charge is -2.16. The van der Waals surface area contributed by atoms with Gasteiger partial charge in [0.1, 0.15) is 17.1 Å². The molecule has 0 fully saturated rings. The number of rotatable bonds is 7. The minimum Gasteiger partial charge on any atom is -0.496 e. The summed E-state index contributed by atoms with van der Waals surface area (Å²) in [7, 11) is 3.04. The summed E-state index contributed by atoms with van der Waals surface area (Å²) in [6.07, 6.45) is 2.87. The van der Waals surface area contributed by atoms with Gasteiger partial charge in [0.25, 0.3) is 0 Å². The molecule has 0 saturated heterocycles. The summed E-state index contributed by atoms with van der Waals surface area (Å²) in [5.74, 6) is 0.525. The summed E-state index contributed by atoms with van der Waals surface area (Å²) in [4.78, 5) is 12.2. The number of benzene rings is 1. The lowest BCUT2D eigenvalue weighted by molar-refractivity contribution is 0.0313. The first kappa shape index (κ1) is 15.3. The first-order valence-corrected chi connectivity index (χ1v) is 6.56. The molecule has 0 saturated carbocycles. The van der Waals surface area contributed by atoms with Crippen LogP contribution in [0.2, 0.25) is 0 Å². The maximum atomic E-state index is 12.2. The standard InChI is InChI=1S/C15H22O4/c1-5-6-8-11(2)19-15(16)14-12(17-3)9-7-10-13(14)18-4/h7,9-11H,5-6,8H2,1-4H3/t11-/m1/s1. The Morgan fingerprint density at radius 1 is 1.21 bits per heavy atom. The van der Waals surface area contributed by atoms with E-state index in [1.807, 2.05) is 6.92 Å². The molecule has 0 aliphatic rings. The zero-order valence-corrected chi connectivity index (χ0v) is 12.1. The van der Waals surface area contributed by atoms with E-state index < -0.39 is 5.97 Å². The van der Waals surface area contributed by atoms with Gasteiger partial charge in [0.15, 0.2) is 0 Å². The summed E-state index contributed by atoms with van der Waals surface area (Å²) in [6.45, 7) is 4.01. The smallest absolute Gasteiger partial charge is 0.346 e. The topological polar surface area (TPSA) is 44.8 Å². The van der Waals surface area contributed by atoms with Gasteiger partial charge in [-0.15, -0.1) is 0 Å². The van der Waals surface area contributed by atoms with Gasteiger partial charge in [-0.25, -0.2) is 4.79 Å². The van der Waals surface area contributed by atoms with Gasteiger partial charge >= 0.3 is 5.97 Å². The fraction of sp³-hybridized carbons (Fsp3) is 0.533. The SMILES string of the molecule is CCCC[C@@H](C)OC(=O)c1c(OC)cccc1OC. The molecule has 19 heavy (non-hydrogen) atoms. The molecule has 1 rings (SSSR count). The van der Waals surface area contributed by atoms with Crippen molar-refractivity contribution < 1.29 is 19.0 Å². The molecule has 0 N–H and O–H groups in total. The summed E-state index contributed by atoms with van der Waals surface area (Å²) in [5, 5.41) is 0. The highest BCUT2D eigenvalue weighted by atomic mass is 16.5. The van der Waals surface area contributed by atoms with Crippen LogP contribution in [0, 0.1) is 0 Å². The number of ether oxygens (including phenoxy) is 3. The summed E-state index contributed by atoms with van der Waals surface area (Å²) < 4.78 is 15.8. The zero-order valence-electron chi connectivity index (χ0n) is 12.1. The van der Waals surface area contributed by atoms with Crippen LogP contribution in [0.15, 0.2) is 18.2 Å². The lowest BCUT2D eigenvalue weighted by atomic mass is 10.1. The van der Waals surface area contributed by atoms with Crippen LogP contribution in [-0.4, -0.2) is 26.3 Å². The van der Waals surface area contributed by atoms with Crippen LogP contribution in [0.3, 0.4) is 0 Å². The Bertz CT molecular complexity index is 392. The van der Waals surface area contributed by atoms with Crippen LogP contribution >= 0.6 is 0 Å². The van der Waals surface area contributed by atoms with Crippen molar-refractivity contribution >= 4 is 5.97 Å². The van der Waals surface area contributed by atoms with Gasteiger partial charge < -0.3 is 14.2 Å². The average Bonchev–Trinajstić information content (AvgIpc) is 2.43. The third kappa shape index (κ3) is 4.16. The monoisotopic (exact) mass is 266 g/mol. The molecular formula is C15H22O4. The molecule has 4 nitrogen and oxygen atoms in total. The molecule has 0 unspecified atom stereocenters. The Kier molecular flexibility index (Phi) is 6.19. The van der Waals surface area contributed by atoms with Crippen LogP contribution in [-0.2, 0) is 4.74 Å². The van der Waals surface area contributed by atoms with Crippen molar-refractivity contribution in [3.05, 3.63) is 23.8 Å². The number of unbranched alkanes of at least 4 members (excludes halogenated alkanes) is 1. The minimum atomic E-state index is -0.405. The molecule has 0 spiro atoms. The van der Waals surface area contributed by atoms with Gasteiger partial charge in [-0.3, -0.25) is 0 Å². The highest BCUT2D eigenvalue weighted by molar-refractivity contribution is 5.95. The molecule has 0 amide bonds. The minimum absolute atomic E-state index is 0.109. The van der Waals surface area contributed by atoms with Gasteiger partial charge in [-0.1, -0.05) is 25.8 Å². The van der Waals surface area contributed by atoms with Crippen LogP contribution in [0.5, 0.6) is 11.5 Å². The first-order valence-electron chi connectivity index (χ1n) is 6.56. The third-order valence-corrected chi connectivity index (χ3v) is 2.90. The Labute approximate surface area is 114 Å². The summed E-state index contributed by atoms with van der Waals surface area (Å²) in [5.41, 5.74) is 0.343. The number of esters is 1. The van der Waals surface area contributed by atoms with E-state index in [9.17, 15) is 4.79 Å². The normalized spacial score (nSPS) is 11.8. The van der Waals surface area contributed by atoms with Crippen LogP contribution in [0.1, 0.15) is 43.5 Å². The van der Waals surface area contributed by atoms with Crippen LogP contribution < -0.4 is 9.47 Å². The highest BCUT2D eigenvalue weighted by Gasteiger charge is 2.21. The molecule has 1 atom stereocenters. The maximum absolute atomic E-state index is 12.2. The van der Waals surface area contributed by atoms with Crippen molar-refractivity contribution in [1.29, 1.82) is 0 Å². The molecule has 0 bridgehead atoms. The number of hydrogen-bond acceptors (Lipinski definition) is 4. The molecule has 0 aliphatic carbocycles. The highest BCUT2D eigenvalue weighted by Crippen LogP contribution is 2.29. The van der Waals surface area contributed by atoms with Crippen LogP contribution in [0.25, 0.3) is 0 Å². The Hall–Kier alpha value is -1.71. The second-order valence-corrected chi connectivity index (χ2v) is 4.40. The number of carbonyl (C=O) groups is 1. The molecule has 0 aliphatic heterocycles. The van der Waals surface area contributed by atoms with E-state index >= 15 is 0 Å². The predicted molar refractivity (Wildman–Crippen MR) is 73.9 cm³/mol. The van der Waals surface area contributed by atoms with E-state index in [0.29, 0.717) is 17.1 Å². The van der Waals surface area contributed by atoms with Crippen LogP contribution in [0.4, 0.5) is 0 Å². The quantitative estimate of drug-likeness (QED) is 0.709. The predicted octanol–water partition coefficient (Wildman–Crippen LogP) is 3.44. The van der Waals surface area contributed by atoms with E-state index in [0.717, 1.165) is 19.3 Å². The molecule has 1 aromatic rings. The molecule has 0 heterocycles. The second kappa shape index (κ2) is 7.67. The van der Waals surface area contributed by atoms with Crippen molar-refractivity contribution in [3.8, 4) is 11.5 Å². The Morgan fingerprint density at radius 2 is 1.79 bits per heavy atom. The average molecular weight is 266 g/mol. The van der Waals surface area contributed by atoms with E-state index in [2.05, 4.69) is 6.92 Å². The maximum Gasteiger partial charge on any atom is 0.346 e.